The monoisotopic (exact) mass is 290 g/mol. The molecule has 4 heteroatoms. The molecule has 19 heavy (non-hydrogen) atoms. The average molecular weight is 291 g/mol. The molecule has 0 amide bonds. The van der Waals surface area contributed by atoms with Crippen LogP contribution in [0.25, 0.3) is 10.1 Å². The van der Waals surface area contributed by atoms with Crippen LogP contribution in [-0.4, -0.2) is 5.11 Å². The van der Waals surface area contributed by atoms with E-state index >= 15 is 0 Å². The zero-order valence-electron chi connectivity index (χ0n) is 9.97. The predicted octanol–water partition coefficient (Wildman–Crippen LogP) is 4.84. The van der Waals surface area contributed by atoms with Gasteiger partial charge in [-0.1, -0.05) is 17.7 Å². The van der Waals surface area contributed by atoms with E-state index in [-0.39, 0.29) is 0 Å². The zero-order chi connectivity index (χ0) is 13.2. The van der Waals surface area contributed by atoms with Gasteiger partial charge in [0.25, 0.3) is 0 Å². The van der Waals surface area contributed by atoms with Crippen LogP contribution in [0.2, 0.25) is 5.02 Å². The molecule has 0 saturated heterocycles. The van der Waals surface area contributed by atoms with Crippen LogP contribution in [0, 0.1) is 0 Å². The number of benzene rings is 2. The summed E-state index contributed by atoms with van der Waals surface area (Å²) in [5.41, 5.74) is 0. The standard InChI is InChI=1S/C15H11ClO2S/c16-10-4-6-11(7-5-10)18-9-12-8-13-14(17)2-1-3-15(13)19-12/h1-8,17H,9H2. The van der Waals surface area contributed by atoms with Crippen LogP contribution in [0.15, 0.2) is 48.5 Å². The number of phenolic OH excluding ortho intramolecular Hbond substituents is 1. The average Bonchev–Trinajstić information content (AvgIpc) is 2.83. The van der Waals surface area contributed by atoms with Crippen molar-refractivity contribution in [1.82, 2.24) is 0 Å². The molecule has 0 bridgehead atoms. The number of ether oxygens (including phenoxy) is 1. The Balaban J connectivity index is 1.78. The minimum absolute atomic E-state index is 0.312. The quantitative estimate of drug-likeness (QED) is 0.748. The molecular weight excluding hydrogens is 280 g/mol. The van der Waals surface area contributed by atoms with Gasteiger partial charge in [-0.05, 0) is 42.5 Å². The predicted molar refractivity (Wildman–Crippen MR) is 79.3 cm³/mol. The van der Waals surface area contributed by atoms with E-state index in [0.717, 1.165) is 20.7 Å². The van der Waals surface area contributed by atoms with Gasteiger partial charge < -0.3 is 9.84 Å². The topological polar surface area (TPSA) is 29.5 Å². The Labute approximate surface area is 119 Å². The third-order valence-electron chi connectivity index (χ3n) is 2.78. The first kappa shape index (κ1) is 12.3. The Hall–Kier alpha value is -1.71. The van der Waals surface area contributed by atoms with Crippen LogP contribution in [0.5, 0.6) is 11.5 Å². The molecule has 2 nitrogen and oxygen atoms in total. The van der Waals surface area contributed by atoms with E-state index in [4.69, 9.17) is 16.3 Å². The maximum atomic E-state index is 9.75. The molecule has 1 aromatic heterocycles. The molecule has 0 unspecified atom stereocenters. The molecule has 1 heterocycles. The Morgan fingerprint density at radius 2 is 1.89 bits per heavy atom. The Morgan fingerprint density at radius 3 is 2.63 bits per heavy atom. The summed E-state index contributed by atoms with van der Waals surface area (Å²) in [7, 11) is 0. The molecule has 0 radical (unpaired) electrons. The second kappa shape index (κ2) is 5.11. The molecule has 0 fully saturated rings. The van der Waals surface area contributed by atoms with Crippen molar-refractivity contribution >= 4 is 33.0 Å². The number of hydrogen-bond donors (Lipinski definition) is 1. The third-order valence-corrected chi connectivity index (χ3v) is 4.11. The largest absolute Gasteiger partial charge is 0.507 e. The van der Waals surface area contributed by atoms with Crippen molar-refractivity contribution in [2.45, 2.75) is 6.61 Å². The summed E-state index contributed by atoms with van der Waals surface area (Å²) in [5.74, 6) is 1.09. The van der Waals surface area contributed by atoms with Gasteiger partial charge in [0.1, 0.15) is 18.1 Å². The minimum atomic E-state index is 0.312. The first-order chi connectivity index (χ1) is 9.22. The van der Waals surface area contributed by atoms with E-state index < -0.39 is 0 Å². The van der Waals surface area contributed by atoms with Gasteiger partial charge in [-0.2, -0.15) is 0 Å². The summed E-state index contributed by atoms with van der Waals surface area (Å²) in [6.07, 6.45) is 0. The van der Waals surface area contributed by atoms with E-state index in [1.807, 2.05) is 30.3 Å². The summed E-state index contributed by atoms with van der Waals surface area (Å²) in [4.78, 5) is 1.08. The fourth-order valence-corrected chi connectivity index (χ4v) is 2.98. The fourth-order valence-electron chi connectivity index (χ4n) is 1.85. The van der Waals surface area contributed by atoms with Crippen molar-refractivity contribution in [3.05, 3.63) is 58.4 Å². The van der Waals surface area contributed by atoms with Crippen molar-refractivity contribution in [3.8, 4) is 11.5 Å². The highest BCUT2D eigenvalue weighted by atomic mass is 35.5. The van der Waals surface area contributed by atoms with Gasteiger partial charge in [0.15, 0.2) is 0 Å². The molecule has 0 saturated carbocycles. The highest BCUT2D eigenvalue weighted by Gasteiger charge is 2.05. The van der Waals surface area contributed by atoms with Crippen LogP contribution < -0.4 is 4.74 Å². The summed E-state index contributed by atoms with van der Waals surface area (Å²) in [5, 5.41) is 11.3. The van der Waals surface area contributed by atoms with Crippen LogP contribution in [0.1, 0.15) is 4.88 Å². The molecule has 1 N–H and O–H groups in total. The van der Waals surface area contributed by atoms with Crippen LogP contribution >= 0.6 is 22.9 Å². The molecular formula is C15H11ClO2S. The van der Waals surface area contributed by atoms with Crippen molar-refractivity contribution in [3.63, 3.8) is 0 Å². The Bertz CT molecular complexity index is 704. The lowest BCUT2D eigenvalue weighted by Crippen LogP contribution is -1.91. The van der Waals surface area contributed by atoms with Crippen LogP contribution in [0.4, 0.5) is 0 Å². The highest BCUT2D eigenvalue weighted by Crippen LogP contribution is 2.32. The summed E-state index contributed by atoms with van der Waals surface area (Å²) in [6, 6.07) is 14.8. The number of rotatable bonds is 3. The molecule has 3 aromatic rings. The number of phenols is 1. The first-order valence-corrected chi connectivity index (χ1v) is 7.00. The minimum Gasteiger partial charge on any atom is -0.507 e. The van der Waals surface area contributed by atoms with Crippen molar-refractivity contribution in [2.75, 3.05) is 0 Å². The molecule has 3 rings (SSSR count). The lowest BCUT2D eigenvalue weighted by atomic mass is 10.2. The highest BCUT2D eigenvalue weighted by molar-refractivity contribution is 7.19. The summed E-state index contributed by atoms with van der Waals surface area (Å²) >= 11 is 7.44. The maximum Gasteiger partial charge on any atom is 0.124 e. The first-order valence-electron chi connectivity index (χ1n) is 5.81. The molecule has 0 aliphatic heterocycles. The molecule has 96 valence electrons. The third kappa shape index (κ3) is 2.67. The van der Waals surface area contributed by atoms with Gasteiger partial charge in [0, 0.05) is 20.0 Å². The number of aromatic hydroxyl groups is 1. The SMILES string of the molecule is Oc1cccc2sc(COc3ccc(Cl)cc3)cc12. The summed E-state index contributed by atoms with van der Waals surface area (Å²) in [6.45, 7) is 0.487. The number of thiophene rings is 1. The smallest absolute Gasteiger partial charge is 0.124 e. The lowest BCUT2D eigenvalue weighted by molar-refractivity contribution is 0.310. The molecule has 0 aliphatic carbocycles. The van der Waals surface area contributed by atoms with Gasteiger partial charge in [0.05, 0.1) is 0 Å². The Morgan fingerprint density at radius 1 is 1.11 bits per heavy atom. The second-order valence-electron chi connectivity index (χ2n) is 4.14. The van der Waals surface area contributed by atoms with E-state index in [0.29, 0.717) is 17.4 Å². The zero-order valence-corrected chi connectivity index (χ0v) is 11.5. The van der Waals surface area contributed by atoms with E-state index in [2.05, 4.69) is 0 Å². The molecule has 2 aromatic carbocycles. The summed E-state index contributed by atoms with van der Waals surface area (Å²) < 4.78 is 6.75. The lowest BCUT2D eigenvalue weighted by Gasteiger charge is -2.03. The van der Waals surface area contributed by atoms with E-state index in [1.165, 1.54) is 0 Å². The van der Waals surface area contributed by atoms with Gasteiger partial charge in [-0.15, -0.1) is 11.3 Å². The van der Waals surface area contributed by atoms with Gasteiger partial charge in [0.2, 0.25) is 0 Å². The second-order valence-corrected chi connectivity index (χ2v) is 5.75. The van der Waals surface area contributed by atoms with Gasteiger partial charge in [-0.3, -0.25) is 0 Å². The normalized spacial score (nSPS) is 10.8. The molecule has 0 spiro atoms. The molecule has 0 atom stereocenters. The van der Waals surface area contributed by atoms with Crippen LogP contribution in [-0.2, 0) is 6.61 Å². The van der Waals surface area contributed by atoms with Crippen molar-refractivity contribution in [2.24, 2.45) is 0 Å². The maximum absolute atomic E-state index is 9.75. The molecule has 0 aliphatic rings. The number of hydrogen-bond acceptors (Lipinski definition) is 3. The Kier molecular flexibility index (Phi) is 3.32. The van der Waals surface area contributed by atoms with Gasteiger partial charge >= 0.3 is 0 Å². The number of fused-ring (bicyclic) bond motifs is 1. The van der Waals surface area contributed by atoms with Crippen molar-refractivity contribution in [1.29, 1.82) is 0 Å². The van der Waals surface area contributed by atoms with Gasteiger partial charge in [-0.25, -0.2) is 0 Å². The fraction of sp³-hybridized carbons (Fsp3) is 0.0667. The van der Waals surface area contributed by atoms with E-state index in [1.54, 1.807) is 29.5 Å². The van der Waals surface area contributed by atoms with Crippen LogP contribution in [0.3, 0.4) is 0 Å². The number of halogens is 1. The van der Waals surface area contributed by atoms with Crippen molar-refractivity contribution < 1.29 is 9.84 Å². The van der Waals surface area contributed by atoms with E-state index in [9.17, 15) is 5.11 Å².